The highest BCUT2D eigenvalue weighted by molar-refractivity contribution is 5.85. The van der Waals surface area contributed by atoms with Crippen molar-refractivity contribution < 1.29 is 0 Å². The van der Waals surface area contributed by atoms with Gasteiger partial charge in [-0.05, 0) is 33.6 Å². The van der Waals surface area contributed by atoms with Crippen LogP contribution >= 0.6 is 12.4 Å². The normalized spacial score (nSPS) is 9.91. The number of hydrogen-bond donors (Lipinski definition) is 1. The number of hydrogen-bond acceptors (Lipinski definition) is 1. The molecule has 0 fully saturated rings. The largest absolute Gasteiger partial charge is 0.344 e. The van der Waals surface area contributed by atoms with Gasteiger partial charge >= 0.3 is 0 Å². The lowest BCUT2D eigenvalue weighted by Gasteiger charge is -2.05. The van der Waals surface area contributed by atoms with Gasteiger partial charge in [-0.1, -0.05) is 102 Å². The Morgan fingerprint density at radius 1 is 0.522 bits per heavy atom. The van der Waals surface area contributed by atoms with E-state index in [-0.39, 0.29) is 18.6 Å². The fourth-order valence-corrected chi connectivity index (χ4v) is 2.83. The van der Waals surface area contributed by atoms with Crippen LogP contribution in [0.4, 0.5) is 0 Å². The Balaban J connectivity index is -0.00000200. The van der Waals surface area contributed by atoms with Gasteiger partial charge in [0.25, 0.3) is 0 Å². The molecule has 0 radical (unpaired) electrons. The Hall–Kier alpha value is -0.0100. The van der Waals surface area contributed by atoms with E-state index < -0.39 is 0 Å². The van der Waals surface area contributed by atoms with Gasteiger partial charge in [0, 0.05) is 0 Å². The zero-order valence-electron chi connectivity index (χ0n) is 16.7. The standard InChI is InChI=1S/C21H42.ClH.H3N/c1-5-6-7-8-9-10-11-12-13-14-15-16-17-18-19-21(4)20(2)3;;/h5-19H2,1-4H3;1H;1H3. The van der Waals surface area contributed by atoms with E-state index in [1.807, 2.05) is 0 Å². The SMILES string of the molecule is CCCCCCCCCCCCCCCCC(C)=C(C)C.Cl.N. The van der Waals surface area contributed by atoms with Crippen molar-refractivity contribution in [2.24, 2.45) is 0 Å². The van der Waals surface area contributed by atoms with Crippen molar-refractivity contribution in [2.75, 3.05) is 0 Å². The van der Waals surface area contributed by atoms with E-state index in [2.05, 4.69) is 27.7 Å². The Morgan fingerprint density at radius 3 is 1.13 bits per heavy atom. The van der Waals surface area contributed by atoms with Crippen molar-refractivity contribution in [1.29, 1.82) is 0 Å². The van der Waals surface area contributed by atoms with Gasteiger partial charge in [0.2, 0.25) is 0 Å². The maximum absolute atomic E-state index is 2.29. The van der Waals surface area contributed by atoms with Crippen LogP contribution in [0.15, 0.2) is 11.1 Å². The Bertz CT molecular complexity index is 244. The molecule has 0 aliphatic rings. The molecular formula is C21H46ClN. The van der Waals surface area contributed by atoms with Crippen molar-refractivity contribution >= 4 is 12.4 Å². The van der Waals surface area contributed by atoms with Crippen LogP contribution in [-0.2, 0) is 0 Å². The van der Waals surface area contributed by atoms with Gasteiger partial charge in [-0.3, -0.25) is 0 Å². The Kier molecular flexibility index (Phi) is 26.6. The van der Waals surface area contributed by atoms with E-state index >= 15 is 0 Å². The van der Waals surface area contributed by atoms with Crippen LogP contribution in [-0.4, -0.2) is 0 Å². The van der Waals surface area contributed by atoms with Crippen LogP contribution in [0.25, 0.3) is 0 Å². The fourth-order valence-electron chi connectivity index (χ4n) is 2.83. The summed E-state index contributed by atoms with van der Waals surface area (Å²) in [5, 5.41) is 0. The summed E-state index contributed by atoms with van der Waals surface area (Å²) >= 11 is 0. The van der Waals surface area contributed by atoms with Crippen molar-refractivity contribution in [3.05, 3.63) is 11.1 Å². The molecule has 1 nitrogen and oxygen atoms in total. The molecule has 0 aromatic heterocycles. The van der Waals surface area contributed by atoms with Gasteiger partial charge in [-0.15, -0.1) is 12.4 Å². The summed E-state index contributed by atoms with van der Waals surface area (Å²) in [5.41, 5.74) is 3.12. The van der Waals surface area contributed by atoms with Crippen molar-refractivity contribution in [3.8, 4) is 0 Å². The lowest BCUT2D eigenvalue weighted by atomic mass is 10.0. The average Bonchev–Trinajstić information content (AvgIpc) is 2.47. The molecule has 142 valence electrons. The second-order valence-electron chi connectivity index (χ2n) is 7.13. The second-order valence-corrected chi connectivity index (χ2v) is 7.13. The minimum absolute atomic E-state index is 0. The van der Waals surface area contributed by atoms with Crippen LogP contribution in [0.2, 0.25) is 0 Å². The third kappa shape index (κ3) is 22.0. The molecule has 3 N–H and O–H groups in total. The summed E-state index contributed by atoms with van der Waals surface area (Å²) in [6, 6.07) is 0. The molecule has 0 spiro atoms. The molecule has 0 aromatic rings. The molecule has 0 bridgehead atoms. The molecule has 0 aliphatic heterocycles. The van der Waals surface area contributed by atoms with E-state index in [1.165, 1.54) is 102 Å². The molecule has 0 unspecified atom stereocenters. The first-order valence-corrected chi connectivity index (χ1v) is 9.81. The Morgan fingerprint density at radius 2 is 0.826 bits per heavy atom. The summed E-state index contributed by atoms with van der Waals surface area (Å²) in [7, 11) is 0. The lowest BCUT2D eigenvalue weighted by molar-refractivity contribution is 0.535. The van der Waals surface area contributed by atoms with Crippen LogP contribution in [0, 0.1) is 0 Å². The van der Waals surface area contributed by atoms with Crippen LogP contribution in [0.5, 0.6) is 0 Å². The molecule has 2 heteroatoms. The summed E-state index contributed by atoms with van der Waals surface area (Å²) in [6.07, 6.45) is 21.7. The summed E-state index contributed by atoms with van der Waals surface area (Å²) in [6.45, 7) is 9.05. The van der Waals surface area contributed by atoms with Crippen LogP contribution in [0.1, 0.15) is 124 Å². The molecule has 0 aliphatic carbocycles. The predicted octanol–water partition coefficient (Wildman–Crippen LogP) is 8.80. The van der Waals surface area contributed by atoms with Gasteiger partial charge in [-0.25, -0.2) is 0 Å². The fraction of sp³-hybridized carbons (Fsp3) is 0.905. The number of allylic oxidation sites excluding steroid dienone is 2. The lowest BCUT2D eigenvalue weighted by Crippen LogP contribution is -1.85. The monoisotopic (exact) mass is 347 g/mol. The highest BCUT2D eigenvalue weighted by Gasteiger charge is 1.95. The minimum atomic E-state index is 0. The van der Waals surface area contributed by atoms with E-state index in [9.17, 15) is 0 Å². The van der Waals surface area contributed by atoms with Gasteiger partial charge in [0.1, 0.15) is 0 Å². The second kappa shape index (κ2) is 22.0. The molecule has 0 aromatic carbocycles. The average molecular weight is 348 g/mol. The summed E-state index contributed by atoms with van der Waals surface area (Å²) < 4.78 is 0. The molecule has 0 rings (SSSR count). The number of rotatable bonds is 15. The number of unbranched alkanes of at least 4 members (excludes halogenated alkanes) is 13. The third-order valence-electron chi connectivity index (χ3n) is 4.76. The first-order valence-electron chi connectivity index (χ1n) is 9.81. The first kappa shape index (κ1) is 27.8. The third-order valence-corrected chi connectivity index (χ3v) is 4.76. The highest BCUT2D eigenvalue weighted by atomic mass is 35.5. The highest BCUT2D eigenvalue weighted by Crippen LogP contribution is 2.15. The van der Waals surface area contributed by atoms with Crippen molar-refractivity contribution in [2.45, 2.75) is 124 Å². The molecule has 23 heavy (non-hydrogen) atoms. The van der Waals surface area contributed by atoms with Gasteiger partial charge < -0.3 is 6.15 Å². The summed E-state index contributed by atoms with van der Waals surface area (Å²) in [5.74, 6) is 0. The number of halogens is 1. The van der Waals surface area contributed by atoms with Crippen LogP contribution in [0.3, 0.4) is 0 Å². The molecule has 0 heterocycles. The quantitative estimate of drug-likeness (QED) is 0.233. The summed E-state index contributed by atoms with van der Waals surface area (Å²) in [4.78, 5) is 0. The van der Waals surface area contributed by atoms with Gasteiger partial charge in [0.05, 0.1) is 0 Å². The van der Waals surface area contributed by atoms with Gasteiger partial charge in [-0.2, -0.15) is 0 Å². The maximum Gasteiger partial charge on any atom is -0.0321 e. The zero-order chi connectivity index (χ0) is 15.8. The zero-order valence-corrected chi connectivity index (χ0v) is 17.5. The predicted molar refractivity (Wildman–Crippen MR) is 111 cm³/mol. The minimum Gasteiger partial charge on any atom is -0.344 e. The molecular weight excluding hydrogens is 302 g/mol. The van der Waals surface area contributed by atoms with E-state index in [0.717, 1.165) is 0 Å². The first-order chi connectivity index (χ1) is 10.2. The van der Waals surface area contributed by atoms with E-state index in [4.69, 9.17) is 0 Å². The maximum atomic E-state index is 2.29. The molecule has 0 saturated heterocycles. The topological polar surface area (TPSA) is 35.0 Å². The Labute approximate surface area is 154 Å². The van der Waals surface area contributed by atoms with Crippen molar-refractivity contribution in [3.63, 3.8) is 0 Å². The van der Waals surface area contributed by atoms with E-state index in [1.54, 1.807) is 5.57 Å². The van der Waals surface area contributed by atoms with Gasteiger partial charge in [0.15, 0.2) is 0 Å². The van der Waals surface area contributed by atoms with Crippen molar-refractivity contribution in [1.82, 2.24) is 6.15 Å². The molecule has 0 amide bonds. The van der Waals surface area contributed by atoms with E-state index in [0.29, 0.717) is 0 Å². The molecule has 0 atom stereocenters. The van der Waals surface area contributed by atoms with Crippen LogP contribution < -0.4 is 6.15 Å². The smallest absolute Gasteiger partial charge is 0.0321 e. The molecule has 0 saturated carbocycles.